The number of ether oxygens (including phenoxy) is 1. The van der Waals surface area contributed by atoms with Crippen LogP contribution in [0.25, 0.3) is 0 Å². The molecule has 0 saturated carbocycles. The fraction of sp³-hybridized carbons (Fsp3) is 0.562. The Morgan fingerprint density at radius 3 is 2.33 bits per heavy atom. The highest BCUT2D eigenvalue weighted by Crippen LogP contribution is 2.15. The van der Waals surface area contributed by atoms with Crippen LogP contribution in [0.3, 0.4) is 0 Å². The summed E-state index contributed by atoms with van der Waals surface area (Å²) in [5.41, 5.74) is 1.23. The zero-order valence-corrected chi connectivity index (χ0v) is 12.8. The third kappa shape index (κ3) is 4.93. The molecular weight excluding hydrogens is 268 g/mol. The van der Waals surface area contributed by atoms with Crippen molar-refractivity contribution < 1.29 is 14.6 Å². The van der Waals surface area contributed by atoms with E-state index in [1.165, 1.54) is 10.5 Å². The molecular formula is C16H24N2O3. The highest BCUT2D eigenvalue weighted by molar-refractivity contribution is 5.65. The summed E-state index contributed by atoms with van der Waals surface area (Å²) >= 11 is 0. The standard InChI is InChI=1S/C16H24N2O3/c1-13(2)12-21-15-5-3-14(4-6-15)11-17-7-9-18(10-8-17)16(19)20/h3-6,13H,7-12H2,1-2H3,(H,19,20). The van der Waals surface area contributed by atoms with Crippen molar-refractivity contribution in [1.82, 2.24) is 9.80 Å². The largest absolute Gasteiger partial charge is 0.493 e. The Kier molecular flexibility index (Phi) is 5.44. The number of carbonyl (C=O) groups is 1. The van der Waals surface area contributed by atoms with Gasteiger partial charge in [0.05, 0.1) is 6.61 Å². The number of amides is 1. The van der Waals surface area contributed by atoms with E-state index in [-0.39, 0.29) is 0 Å². The molecule has 21 heavy (non-hydrogen) atoms. The van der Waals surface area contributed by atoms with E-state index in [1.54, 1.807) is 0 Å². The number of hydrogen-bond donors (Lipinski definition) is 1. The molecule has 0 aliphatic carbocycles. The summed E-state index contributed by atoms with van der Waals surface area (Å²) in [6.45, 7) is 8.61. The van der Waals surface area contributed by atoms with Gasteiger partial charge < -0.3 is 14.7 Å². The molecule has 1 aliphatic rings. The van der Waals surface area contributed by atoms with Crippen LogP contribution in [0.5, 0.6) is 5.75 Å². The van der Waals surface area contributed by atoms with Gasteiger partial charge >= 0.3 is 6.09 Å². The minimum absolute atomic E-state index is 0.523. The molecule has 0 radical (unpaired) electrons. The molecule has 1 aliphatic heterocycles. The van der Waals surface area contributed by atoms with Gasteiger partial charge in [-0.05, 0) is 23.6 Å². The Morgan fingerprint density at radius 2 is 1.81 bits per heavy atom. The summed E-state index contributed by atoms with van der Waals surface area (Å²) in [6, 6.07) is 8.18. The monoisotopic (exact) mass is 292 g/mol. The third-order valence-electron chi connectivity index (χ3n) is 3.56. The fourth-order valence-electron chi connectivity index (χ4n) is 2.31. The van der Waals surface area contributed by atoms with Gasteiger partial charge in [0.1, 0.15) is 5.75 Å². The van der Waals surface area contributed by atoms with E-state index in [9.17, 15) is 4.79 Å². The first kappa shape index (κ1) is 15.6. The Morgan fingerprint density at radius 1 is 1.19 bits per heavy atom. The molecule has 0 unspecified atom stereocenters. The van der Waals surface area contributed by atoms with Crippen LogP contribution in [-0.4, -0.2) is 53.8 Å². The fourth-order valence-corrected chi connectivity index (χ4v) is 2.31. The van der Waals surface area contributed by atoms with E-state index < -0.39 is 6.09 Å². The SMILES string of the molecule is CC(C)COc1ccc(CN2CCN(C(=O)O)CC2)cc1. The highest BCUT2D eigenvalue weighted by Gasteiger charge is 2.20. The molecule has 116 valence electrons. The zero-order valence-electron chi connectivity index (χ0n) is 12.8. The van der Waals surface area contributed by atoms with Gasteiger partial charge in [0.2, 0.25) is 0 Å². The number of rotatable bonds is 5. The highest BCUT2D eigenvalue weighted by atomic mass is 16.5. The first-order chi connectivity index (χ1) is 10.0. The number of piperazine rings is 1. The van der Waals surface area contributed by atoms with E-state index in [1.807, 2.05) is 12.1 Å². The molecule has 0 aromatic heterocycles. The van der Waals surface area contributed by atoms with Gasteiger partial charge in [-0.15, -0.1) is 0 Å². The van der Waals surface area contributed by atoms with E-state index >= 15 is 0 Å². The third-order valence-corrected chi connectivity index (χ3v) is 3.56. The number of benzene rings is 1. The van der Waals surface area contributed by atoms with Crippen LogP contribution in [0.1, 0.15) is 19.4 Å². The lowest BCUT2D eigenvalue weighted by atomic mass is 10.2. The quantitative estimate of drug-likeness (QED) is 0.906. The molecule has 1 aromatic rings. The van der Waals surface area contributed by atoms with Crippen LogP contribution in [0.15, 0.2) is 24.3 Å². The molecule has 1 N–H and O–H groups in total. The summed E-state index contributed by atoms with van der Waals surface area (Å²) in [5, 5.41) is 8.93. The van der Waals surface area contributed by atoms with Gasteiger partial charge in [0.15, 0.2) is 0 Å². The predicted molar refractivity (Wildman–Crippen MR) is 81.6 cm³/mol. The van der Waals surface area contributed by atoms with Gasteiger partial charge in [-0.2, -0.15) is 0 Å². The van der Waals surface area contributed by atoms with Gasteiger partial charge in [0, 0.05) is 32.7 Å². The molecule has 0 atom stereocenters. The summed E-state index contributed by atoms with van der Waals surface area (Å²) in [4.78, 5) is 14.6. The van der Waals surface area contributed by atoms with Crippen molar-refractivity contribution in [2.75, 3.05) is 32.8 Å². The molecule has 1 fully saturated rings. The molecule has 1 aromatic carbocycles. The Bertz CT molecular complexity index is 451. The van der Waals surface area contributed by atoms with Gasteiger partial charge in [0.25, 0.3) is 0 Å². The summed E-state index contributed by atoms with van der Waals surface area (Å²) in [5.74, 6) is 1.43. The normalized spacial score (nSPS) is 16.2. The molecule has 5 heteroatoms. The Labute approximate surface area is 126 Å². The number of carboxylic acid groups (broad SMARTS) is 1. The molecule has 1 saturated heterocycles. The molecule has 1 heterocycles. The van der Waals surface area contributed by atoms with Crippen LogP contribution >= 0.6 is 0 Å². The average molecular weight is 292 g/mol. The van der Waals surface area contributed by atoms with Gasteiger partial charge in [-0.3, -0.25) is 4.90 Å². The average Bonchev–Trinajstić information content (AvgIpc) is 2.47. The van der Waals surface area contributed by atoms with Gasteiger partial charge in [-0.25, -0.2) is 4.79 Å². The Balaban J connectivity index is 1.80. The first-order valence-electron chi connectivity index (χ1n) is 7.46. The predicted octanol–water partition coefficient (Wildman–Crippen LogP) is 2.52. The topological polar surface area (TPSA) is 53.0 Å². The van der Waals surface area contributed by atoms with Crippen molar-refractivity contribution in [3.8, 4) is 5.75 Å². The molecule has 0 spiro atoms. The molecule has 2 rings (SSSR count). The van der Waals surface area contributed by atoms with Crippen molar-refractivity contribution in [3.05, 3.63) is 29.8 Å². The maximum Gasteiger partial charge on any atom is 0.407 e. The summed E-state index contributed by atoms with van der Waals surface area (Å²) in [6.07, 6.45) is -0.818. The van der Waals surface area contributed by atoms with Crippen molar-refractivity contribution in [2.45, 2.75) is 20.4 Å². The minimum Gasteiger partial charge on any atom is -0.493 e. The lowest BCUT2D eigenvalue weighted by Gasteiger charge is -2.33. The van der Waals surface area contributed by atoms with Crippen molar-refractivity contribution in [2.24, 2.45) is 5.92 Å². The second-order valence-electron chi connectivity index (χ2n) is 5.89. The zero-order chi connectivity index (χ0) is 15.2. The van der Waals surface area contributed by atoms with Crippen LogP contribution in [0, 0.1) is 5.92 Å². The van der Waals surface area contributed by atoms with Gasteiger partial charge in [-0.1, -0.05) is 26.0 Å². The first-order valence-corrected chi connectivity index (χ1v) is 7.46. The summed E-state index contributed by atoms with van der Waals surface area (Å²) < 4.78 is 5.67. The van der Waals surface area contributed by atoms with Crippen LogP contribution in [0.2, 0.25) is 0 Å². The molecule has 1 amide bonds. The van der Waals surface area contributed by atoms with E-state index in [4.69, 9.17) is 9.84 Å². The molecule has 0 bridgehead atoms. The smallest absolute Gasteiger partial charge is 0.407 e. The second-order valence-corrected chi connectivity index (χ2v) is 5.89. The van der Waals surface area contributed by atoms with Crippen LogP contribution in [0.4, 0.5) is 4.79 Å². The maximum atomic E-state index is 10.9. The Hall–Kier alpha value is -1.75. The second kappa shape index (κ2) is 7.31. The number of hydrogen-bond acceptors (Lipinski definition) is 3. The van der Waals surface area contributed by atoms with E-state index in [0.717, 1.165) is 32.0 Å². The minimum atomic E-state index is -0.818. The lowest BCUT2D eigenvalue weighted by molar-refractivity contribution is 0.103. The van der Waals surface area contributed by atoms with E-state index in [2.05, 4.69) is 30.9 Å². The van der Waals surface area contributed by atoms with Crippen molar-refractivity contribution >= 4 is 6.09 Å². The number of nitrogens with zero attached hydrogens (tertiary/aromatic N) is 2. The lowest BCUT2D eigenvalue weighted by Crippen LogP contribution is -2.47. The van der Waals surface area contributed by atoms with E-state index in [0.29, 0.717) is 19.0 Å². The van der Waals surface area contributed by atoms with Crippen LogP contribution < -0.4 is 4.74 Å². The summed E-state index contributed by atoms with van der Waals surface area (Å²) in [7, 11) is 0. The van der Waals surface area contributed by atoms with Crippen molar-refractivity contribution in [1.29, 1.82) is 0 Å². The van der Waals surface area contributed by atoms with Crippen LogP contribution in [-0.2, 0) is 6.54 Å². The molecule has 5 nitrogen and oxygen atoms in total. The van der Waals surface area contributed by atoms with Crippen molar-refractivity contribution in [3.63, 3.8) is 0 Å². The maximum absolute atomic E-state index is 10.9.